The molecule has 0 spiro atoms. The summed E-state index contributed by atoms with van der Waals surface area (Å²) in [5.74, 6) is 0. The Labute approximate surface area is 65.7 Å². The van der Waals surface area contributed by atoms with E-state index < -0.39 is 15.9 Å². The number of rotatable bonds is 2. The summed E-state index contributed by atoms with van der Waals surface area (Å²) in [5, 5.41) is 0. The molecule has 0 saturated carbocycles. The third-order valence-corrected chi connectivity index (χ3v) is 2.83. The highest BCUT2D eigenvalue weighted by Gasteiger charge is 1.93. The van der Waals surface area contributed by atoms with Crippen molar-refractivity contribution in [2.24, 2.45) is 0 Å². The van der Waals surface area contributed by atoms with Gasteiger partial charge in [-0.1, -0.05) is 12.7 Å². The van der Waals surface area contributed by atoms with Gasteiger partial charge in [0.05, 0.1) is 0 Å². The van der Waals surface area contributed by atoms with Crippen molar-refractivity contribution in [1.82, 2.24) is 0 Å². The van der Waals surface area contributed by atoms with Gasteiger partial charge < -0.3 is 4.89 Å². The maximum atomic E-state index is 10.00. The first-order valence-corrected chi connectivity index (χ1v) is 7.43. The summed E-state index contributed by atoms with van der Waals surface area (Å²) in [5.41, 5.74) is 0. The maximum Gasteiger partial charge on any atom is 0.335 e. The molecule has 0 aromatic rings. The molecule has 0 heterocycles. The standard InChI is InChI=1S/C3H9OP.C3H8OP/c2*1-3-5(2)4/h5H,3H2,1-2H3;3H2,1-2H3/q;+1. The fourth-order valence-electron chi connectivity index (χ4n) is 0. The van der Waals surface area contributed by atoms with Crippen LogP contribution in [0.3, 0.4) is 0 Å². The van der Waals surface area contributed by atoms with Crippen molar-refractivity contribution >= 4 is 15.9 Å². The maximum absolute atomic E-state index is 10.00. The van der Waals surface area contributed by atoms with Crippen LogP contribution in [0.4, 0.5) is 0 Å². The SMILES string of the molecule is CC[P+](C)=O.CC[PH+](C)[O-]. The predicted molar refractivity (Wildman–Crippen MR) is 48.9 cm³/mol. The lowest BCUT2D eigenvalue weighted by atomic mass is 11.0. The summed E-state index contributed by atoms with van der Waals surface area (Å²) in [7, 11) is -1.97. The molecule has 0 aliphatic heterocycles. The third-order valence-electron chi connectivity index (χ3n) is 0.943. The molecule has 0 aromatic heterocycles. The topological polar surface area (TPSA) is 40.1 Å². The van der Waals surface area contributed by atoms with Crippen molar-refractivity contribution in [3.63, 3.8) is 0 Å². The molecule has 0 N–H and O–H groups in total. The Kier molecular flexibility index (Phi) is 12.4. The molecule has 62 valence electrons. The Balaban J connectivity index is 0. The van der Waals surface area contributed by atoms with Gasteiger partial charge in [-0.15, -0.1) is 0 Å². The van der Waals surface area contributed by atoms with Gasteiger partial charge in [0, 0.05) is 12.8 Å². The first kappa shape index (κ1) is 13.1. The average Bonchev–Trinajstić information content (AvgIpc) is 1.89. The Morgan fingerprint density at radius 2 is 1.70 bits per heavy atom. The minimum Gasteiger partial charge on any atom is -0.681 e. The van der Waals surface area contributed by atoms with Crippen LogP contribution in [-0.2, 0) is 4.57 Å². The smallest absolute Gasteiger partial charge is 0.335 e. The second-order valence-electron chi connectivity index (χ2n) is 2.00. The van der Waals surface area contributed by atoms with Crippen LogP contribution >= 0.6 is 15.9 Å². The van der Waals surface area contributed by atoms with Crippen molar-refractivity contribution in [1.29, 1.82) is 0 Å². The molecule has 0 aliphatic rings. The van der Waals surface area contributed by atoms with E-state index in [0.717, 1.165) is 12.3 Å². The van der Waals surface area contributed by atoms with E-state index >= 15 is 0 Å². The summed E-state index contributed by atoms with van der Waals surface area (Å²) in [4.78, 5) is 10.00. The van der Waals surface area contributed by atoms with Gasteiger partial charge in [-0.3, -0.25) is 0 Å². The molecule has 2 unspecified atom stereocenters. The van der Waals surface area contributed by atoms with E-state index in [9.17, 15) is 9.46 Å². The van der Waals surface area contributed by atoms with Gasteiger partial charge in [0.15, 0.2) is 0 Å². The largest absolute Gasteiger partial charge is 0.681 e. The van der Waals surface area contributed by atoms with E-state index in [-0.39, 0.29) is 0 Å². The van der Waals surface area contributed by atoms with Crippen molar-refractivity contribution in [2.75, 3.05) is 25.7 Å². The van der Waals surface area contributed by atoms with Crippen molar-refractivity contribution < 1.29 is 9.46 Å². The molecule has 0 saturated heterocycles. The van der Waals surface area contributed by atoms with E-state index in [1.807, 2.05) is 13.8 Å². The minimum absolute atomic E-state index is 0.815. The molecule has 0 aromatic carbocycles. The highest BCUT2D eigenvalue weighted by molar-refractivity contribution is 7.49. The molecule has 0 aliphatic carbocycles. The summed E-state index contributed by atoms with van der Waals surface area (Å²) in [6, 6.07) is 0. The van der Waals surface area contributed by atoms with Gasteiger partial charge >= 0.3 is 7.80 Å². The van der Waals surface area contributed by atoms with E-state index in [4.69, 9.17) is 0 Å². The zero-order valence-electron chi connectivity index (χ0n) is 7.18. The lowest BCUT2D eigenvalue weighted by molar-refractivity contribution is -0.158. The van der Waals surface area contributed by atoms with E-state index in [0.29, 0.717) is 0 Å². The molecule has 4 heteroatoms. The predicted octanol–water partition coefficient (Wildman–Crippen LogP) is 1.59. The van der Waals surface area contributed by atoms with Gasteiger partial charge in [0.2, 0.25) is 0 Å². The Morgan fingerprint density at radius 3 is 1.70 bits per heavy atom. The summed E-state index contributed by atoms with van der Waals surface area (Å²) in [6.07, 6.45) is 1.67. The van der Waals surface area contributed by atoms with E-state index in [1.54, 1.807) is 13.3 Å². The molecule has 10 heavy (non-hydrogen) atoms. The van der Waals surface area contributed by atoms with Gasteiger partial charge in [-0.2, -0.15) is 0 Å². The van der Waals surface area contributed by atoms with Crippen LogP contribution in [0, 0.1) is 0 Å². The zero-order valence-corrected chi connectivity index (χ0v) is 9.07. The molecular formula is C6H17O2P2+. The monoisotopic (exact) mass is 183 g/mol. The van der Waals surface area contributed by atoms with E-state index in [1.165, 1.54) is 0 Å². The van der Waals surface area contributed by atoms with Crippen molar-refractivity contribution in [3.05, 3.63) is 0 Å². The highest BCUT2D eigenvalue weighted by atomic mass is 31.1. The molecule has 0 amide bonds. The highest BCUT2D eigenvalue weighted by Crippen LogP contribution is 2.14. The van der Waals surface area contributed by atoms with Crippen LogP contribution < -0.4 is 4.89 Å². The molecule has 0 rings (SSSR count). The van der Waals surface area contributed by atoms with Gasteiger partial charge in [0.25, 0.3) is 0 Å². The van der Waals surface area contributed by atoms with Crippen LogP contribution in [-0.4, -0.2) is 25.7 Å². The Morgan fingerprint density at radius 1 is 1.50 bits per heavy atom. The summed E-state index contributed by atoms with van der Waals surface area (Å²) in [6.45, 7) is 7.35. The summed E-state index contributed by atoms with van der Waals surface area (Å²) >= 11 is 0. The molecule has 0 fully saturated rings. The minimum atomic E-state index is -1.12. The van der Waals surface area contributed by atoms with Gasteiger partial charge in [-0.05, 0) is 13.8 Å². The molecule has 0 radical (unpaired) electrons. The van der Waals surface area contributed by atoms with Crippen LogP contribution in [0.25, 0.3) is 0 Å². The fourth-order valence-corrected chi connectivity index (χ4v) is 0. The third kappa shape index (κ3) is 23.6. The van der Waals surface area contributed by atoms with Crippen LogP contribution in [0.5, 0.6) is 0 Å². The molecule has 2 atom stereocenters. The first-order valence-electron chi connectivity index (χ1n) is 3.42. The van der Waals surface area contributed by atoms with Crippen LogP contribution in [0.2, 0.25) is 0 Å². The van der Waals surface area contributed by atoms with Gasteiger partial charge in [0.1, 0.15) is 12.8 Å². The molecule has 2 nitrogen and oxygen atoms in total. The van der Waals surface area contributed by atoms with Crippen LogP contribution in [0.15, 0.2) is 0 Å². The summed E-state index contributed by atoms with van der Waals surface area (Å²) < 4.78 is 9.96. The van der Waals surface area contributed by atoms with Crippen LogP contribution in [0.1, 0.15) is 13.8 Å². The number of hydrogen-bond acceptors (Lipinski definition) is 2. The van der Waals surface area contributed by atoms with Gasteiger partial charge in [-0.25, -0.2) is 0 Å². The second kappa shape index (κ2) is 9.49. The lowest BCUT2D eigenvalue weighted by Gasteiger charge is -1.98. The Hall–Kier alpha value is 0.490. The molecular weight excluding hydrogens is 166 g/mol. The first-order chi connectivity index (χ1) is 4.54. The quantitative estimate of drug-likeness (QED) is 0.610. The number of hydrogen-bond donors (Lipinski definition) is 0. The normalized spacial score (nSPS) is 13.1. The van der Waals surface area contributed by atoms with Crippen molar-refractivity contribution in [2.45, 2.75) is 13.8 Å². The fraction of sp³-hybridized carbons (Fsp3) is 1.00. The van der Waals surface area contributed by atoms with Crippen molar-refractivity contribution in [3.8, 4) is 0 Å². The second-order valence-corrected chi connectivity index (χ2v) is 6.00. The lowest BCUT2D eigenvalue weighted by Crippen LogP contribution is -1.91. The van der Waals surface area contributed by atoms with E-state index in [2.05, 4.69) is 0 Å². The average molecular weight is 183 g/mol. The zero-order chi connectivity index (χ0) is 8.57. The Bertz CT molecular complexity index is 83.8. The molecule has 0 bridgehead atoms.